The highest BCUT2D eigenvalue weighted by atomic mass is 16.5. The molecular weight excluding hydrogens is 186 g/mol. The number of nitrogens with one attached hydrogen (secondary N) is 1. The van der Waals surface area contributed by atoms with Crippen molar-refractivity contribution in [3.63, 3.8) is 0 Å². The van der Waals surface area contributed by atoms with Gasteiger partial charge in [0.15, 0.2) is 5.82 Å². The van der Waals surface area contributed by atoms with Crippen LogP contribution in [0.2, 0.25) is 0 Å². The molecule has 6 nitrogen and oxygen atoms in total. The van der Waals surface area contributed by atoms with Gasteiger partial charge in [0.1, 0.15) is 0 Å². The molecule has 0 fully saturated rings. The Kier molecular flexibility index (Phi) is 3.99. The van der Waals surface area contributed by atoms with Gasteiger partial charge in [-0.1, -0.05) is 12.1 Å². The quantitative estimate of drug-likeness (QED) is 0.555. The molecule has 0 aliphatic heterocycles. The molecule has 1 rings (SSSR count). The van der Waals surface area contributed by atoms with Crippen LogP contribution in [-0.4, -0.2) is 40.1 Å². The first-order chi connectivity index (χ1) is 6.70. The lowest BCUT2D eigenvalue weighted by Gasteiger charge is -2.24. The molecule has 0 radical (unpaired) electrons. The van der Waals surface area contributed by atoms with Crippen LogP contribution in [-0.2, 0) is 6.54 Å². The van der Waals surface area contributed by atoms with E-state index < -0.39 is 5.41 Å². The first kappa shape index (κ1) is 11.1. The molecule has 3 N–H and O–H groups in total. The molecule has 1 heterocycles. The zero-order valence-electron chi connectivity index (χ0n) is 8.10. The molecule has 0 bridgehead atoms. The fraction of sp³-hybridized carbons (Fsp3) is 0.750. The lowest BCUT2D eigenvalue weighted by atomic mass is 9.93. The van der Waals surface area contributed by atoms with Gasteiger partial charge in [0, 0.05) is 12.0 Å². The Morgan fingerprint density at radius 3 is 2.71 bits per heavy atom. The predicted octanol–water partition coefficient (Wildman–Crippen LogP) is -0.850. The van der Waals surface area contributed by atoms with E-state index in [0.717, 1.165) is 0 Å². The Hall–Kier alpha value is -0.980. The van der Waals surface area contributed by atoms with Crippen molar-refractivity contribution in [1.29, 1.82) is 0 Å². The van der Waals surface area contributed by atoms with Crippen LogP contribution in [0.4, 0.5) is 0 Å². The van der Waals surface area contributed by atoms with Gasteiger partial charge in [-0.05, 0) is 0 Å². The monoisotopic (exact) mass is 201 g/mol. The molecule has 80 valence electrons. The van der Waals surface area contributed by atoms with Crippen molar-refractivity contribution < 1.29 is 14.7 Å². The summed E-state index contributed by atoms with van der Waals surface area (Å²) in [7, 11) is 0. The highest BCUT2D eigenvalue weighted by Gasteiger charge is 2.21. The maximum Gasteiger partial charge on any atom is 0.213 e. The topological polar surface area (TPSA) is 91.4 Å². The smallest absolute Gasteiger partial charge is 0.213 e. The zero-order chi connectivity index (χ0) is 10.4. The SMILES string of the molecule is CC(CO)(CO)CNCc1ncon1. The Morgan fingerprint density at radius 2 is 2.21 bits per heavy atom. The van der Waals surface area contributed by atoms with Gasteiger partial charge < -0.3 is 20.1 Å². The molecule has 0 atom stereocenters. The summed E-state index contributed by atoms with van der Waals surface area (Å²) in [5.41, 5.74) is -0.510. The van der Waals surface area contributed by atoms with Crippen molar-refractivity contribution in [3.05, 3.63) is 12.2 Å². The van der Waals surface area contributed by atoms with Gasteiger partial charge in [0.2, 0.25) is 6.39 Å². The number of aliphatic hydroxyl groups is 2. The van der Waals surface area contributed by atoms with Crippen molar-refractivity contribution in [1.82, 2.24) is 15.5 Å². The Morgan fingerprint density at radius 1 is 1.50 bits per heavy atom. The number of rotatable bonds is 6. The number of aliphatic hydroxyl groups excluding tert-OH is 2. The van der Waals surface area contributed by atoms with Crippen LogP contribution >= 0.6 is 0 Å². The van der Waals surface area contributed by atoms with E-state index >= 15 is 0 Å². The molecule has 0 aromatic carbocycles. The summed E-state index contributed by atoms with van der Waals surface area (Å²) in [6.07, 6.45) is 1.26. The van der Waals surface area contributed by atoms with E-state index in [1.54, 1.807) is 6.92 Å². The number of nitrogens with zero attached hydrogens (tertiary/aromatic N) is 2. The highest BCUT2D eigenvalue weighted by molar-refractivity contribution is 4.80. The summed E-state index contributed by atoms with van der Waals surface area (Å²) in [4.78, 5) is 3.82. The highest BCUT2D eigenvalue weighted by Crippen LogP contribution is 2.11. The van der Waals surface area contributed by atoms with E-state index in [1.165, 1.54) is 6.39 Å². The van der Waals surface area contributed by atoms with Crippen LogP contribution in [0, 0.1) is 5.41 Å². The van der Waals surface area contributed by atoms with Crippen molar-refractivity contribution in [3.8, 4) is 0 Å². The van der Waals surface area contributed by atoms with Gasteiger partial charge >= 0.3 is 0 Å². The van der Waals surface area contributed by atoms with Crippen LogP contribution in [0.5, 0.6) is 0 Å². The summed E-state index contributed by atoms with van der Waals surface area (Å²) in [5, 5.41) is 24.6. The zero-order valence-corrected chi connectivity index (χ0v) is 8.10. The van der Waals surface area contributed by atoms with Crippen molar-refractivity contribution in [2.24, 2.45) is 5.41 Å². The molecule has 0 unspecified atom stereocenters. The maximum absolute atomic E-state index is 8.99. The Balaban J connectivity index is 2.27. The minimum Gasteiger partial charge on any atom is -0.396 e. The summed E-state index contributed by atoms with van der Waals surface area (Å²) in [5.74, 6) is 0.559. The standard InChI is InChI=1S/C8H15N3O3/c1-8(4-12,5-13)3-9-2-7-10-6-14-11-7/h6,9,12-13H,2-5H2,1H3. The van der Waals surface area contributed by atoms with Crippen LogP contribution < -0.4 is 5.32 Å². The predicted molar refractivity (Wildman–Crippen MR) is 48.3 cm³/mol. The van der Waals surface area contributed by atoms with Gasteiger partial charge in [-0.2, -0.15) is 4.98 Å². The molecule has 0 saturated carbocycles. The molecule has 0 aliphatic carbocycles. The fourth-order valence-electron chi connectivity index (χ4n) is 0.908. The van der Waals surface area contributed by atoms with Gasteiger partial charge in [0.05, 0.1) is 19.8 Å². The van der Waals surface area contributed by atoms with Crippen molar-refractivity contribution >= 4 is 0 Å². The first-order valence-corrected chi connectivity index (χ1v) is 4.38. The summed E-state index contributed by atoms with van der Waals surface area (Å²) >= 11 is 0. The number of aromatic nitrogens is 2. The Labute approximate surface area is 81.9 Å². The average Bonchev–Trinajstić information content (AvgIpc) is 2.70. The second-order valence-corrected chi connectivity index (χ2v) is 3.58. The van der Waals surface area contributed by atoms with Crippen molar-refractivity contribution in [2.45, 2.75) is 13.5 Å². The van der Waals surface area contributed by atoms with Crippen LogP contribution in [0.1, 0.15) is 12.7 Å². The number of hydrogen-bond acceptors (Lipinski definition) is 6. The maximum atomic E-state index is 8.99. The third-order valence-electron chi connectivity index (χ3n) is 2.01. The minimum absolute atomic E-state index is 0.0667. The van der Waals surface area contributed by atoms with E-state index in [1.807, 2.05) is 0 Å². The summed E-state index contributed by atoms with van der Waals surface area (Å²) < 4.78 is 4.55. The first-order valence-electron chi connectivity index (χ1n) is 4.38. The summed E-state index contributed by atoms with van der Waals surface area (Å²) in [6.45, 7) is 2.61. The molecule has 0 spiro atoms. The largest absolute Gasteiger partial charge is 0.396 e. The second kappa shape index (κ2) is 5.04. The van der Waals surface area contributed by atoms with Crippen LogP contribution in [0.3, 0.4) is 0 Å². The third-order valence-corrected chi connectivity index (χ3v) is 2.01. The van der Waals surface area contributed by atoms with E-state index in [2.05, 4.69) is 20.0 Å². The van der Waals surface area contributed by atoms with E-state index in [9.17, 15) is 0 Å². The molecule has 0 amide bonds. The lowest BCUT2D eigenvalue weighted by molar-refractivity contribution is 0.0693. The molecule has 14 heavy (non-hydrogen) atoms. The van der Waals surface area contributed by atoms with Gasteiger partial charge in [-0.3, -0.25) is 0 Å². The molecule has 1 aromatic rings. The van der Waals surface area contributed by atoms with Crippen molar-refractivity contribution in [2.75, 3.05) is 19.8 Å². The summed E-state index contributed by atoms with van der Waals surface area (Å²) in [6, 6.07) is 0. The lowest BCUT2D eigenvalue weighted by Crippen LogP contribution is -2.37. The van der Waals surface area contributed by atoms with E-state index in [0.29, 0.717) is 18.9 Å². The van der Waals surface area contributed by atoms with Crippen LogP contribution in [0.25, 0.3) is 0 Å². The third kappa shape index (κ3) is 3.06. The molecule has 1 aromatic heterocycles. The van der Waals surface area contributed by atoms with Gasteiger partial charge in [-0.25, -0.2) is 0 Å². The molecule has 6 heteroatoms. The second-order valence-electron chi connectivity index (χ2n) is 3.58. The normalized spacial score (nSPS) is 11.9. The minimum atomic E-state index is -0.510. The van der Waals surface area contributed by atoms with Gasteiger partial charge in [0.25, 0.3) is 0 Å². The van der Waals surface area contributed by atoms with Gasteiger partial charge in [-0.15, -0.1) is 0 Å². The van der Waals surface area contributed by atoms with Crippen LogP contribution in [0.15, 0.2) is 10.9 Å². The molecule has 0 saturated heterocycles. The van der Waals surface area contributed by atoms with E-state index in [4.69, 9.17) is 10.2 Å². The molecular formula is C8H15N3O3. The number of hydrogen-bond donors (Lipinski definition) is 3. The molecule has 0 aliphatic rings. The average molecular weight is 201 g/mol. The fourth-order valence-corrected chi connectivity index (χ4v) is 0.908. The Bertz CT molecular complexity index is 246. The van der Waals surface area contributed by atoms with E-state index in [-0.39, 0.29) is 13.2 Å².